The fraction of sp³-hybridized carbons (Fsp3) is 0.467. The van der Waals surface area contributed by atoms with E-state index < -0.39 is 0 Å². The Morgan fingerprint density at radius 2 is 2.38 bits per heavy atom. The molecule has 2 aromatic heterocycles. The van der Waals surface area contributed by atoms with Crippen LogP contribution in [0.25, 0.3) is 0 Å². The molecule has 0 amide bonds. The van der Waals surface area contributed by atoms with Crippen LogP contribution in [-0.4, -0.2) is 39.4 Å². The molecule has 21 heavy (non-hydrogen) atoms. The van der Waals surface area contributed by atoms with Gasteiger partial charge in [-0.15, -0.1) is 17.9 Å². The first-order valence-electron chi connectivity index (χ1n) is 7.15. The van der Waals surface area contributed by atoms with Gasteiger partial charge in [0.25, 0.3) is 0 Å². The van der Waals surface area contributed by atoms with E-state index in [0.717, 1.165) is 37.8 Å². The summed E-state index contributed by atoms with van der Waals surface area (Å²) in [6.07, 6.45) is 5.54. The third-order valence-corrected chi connectivity index (χ3v) is 4.33. The van der Waals surface area contributed by atoms with Crippen molar-refractivity contribution >= 4 is 11.3 Å². The smallest absolute Gasteiger partial charge is 0.107 e. The molecule has 1 aliphatic heterocycles. The lowest BCUT2D eigenvalue weighted by atomic mass is 10.1. The van der Waals surface area contributed by atoms with Gasteiger partial charge in [-0.2, -0.15) is 5.10 Å². The van der Waals surface area contributed by atoms with Crippen LogP contribution in [0.1, 0.15) is 10.7 Å². The highest BCUT2D eigenvalue weighted by Gasteiger charge is 2.23. The summed E-state index contributed by atoms with van der Waals surface area (Å²) in [5, 5.41) is 7.62. The molecule has 0 fully saturated rings. The Morgan fingerprint density at radius 3 is 3.19 bits per heavy atom. The third kappa shape index (κ3) is 3.78. The van der Waals surface area contributed by atoms with Crippen molar-refractivity contribution in [3.63, 3.8) is 0 Å². The van der Waals surface area contributed by atoms with Crippen molar-refractivity contribution in [2.45, 2.75) is 19.6 Å². The Balaban J connectivity index is 1.69. The standard InChI is InChI=1S/C15H20N4OS/c1-2-6-20-12-13-8-18(11-15-16-5-7-21-15)10-14-3-4-17-19(14)9-13/h2-5,7,13H,1,6,8-12H2/t13-/m1/s1. The molecule has 112 valence electrons. The van der Waals surface area contributed by atoms with E-state index in [1.165, 1.54) is 5.69 Å². The van der Waals surface area contributed by atoms with Crippen molar-refractivity contribution in [2.75, 3.05) is 19.8 Å². The second-order valence-electron chi connectivity index (χ2n) is 5.29. The van der Waals surface area contributed by atoms with Gasteiger partial charge in [-0.1, -0.05) is 6.08 Å². The second-order valence-corrected chi connectivity index (χ2v) is 6.27. The average molecular weight is 304 g/mol. The lowest BCUT2D eigenvalue weighted by Gasteiger charge is -2.22. The first-order chi connectivity index (χ1) is 10.3. The van der Waals surface area contributed by atoms with E-state index in [0.29, 0.717) is 12.5 Å². The van der Waals surface area contributed by atoms with Gasteiger partial charge in [0.1, 0.15) is 5.01 Å². The van der Waals surface area contributed by atoms with Gasteiger partial charge >= 0.3 is 0 Å². The number of thiazole rings is 1. The predicted octanol–water partition coefficient (Wildman–Crippen LogP) is 2.17. The van der Waals surface area contributed by atoms with Crippen LogP contribution in [0.3, 0.4) is 0 Å². The van der Waals surface area contributed by atoms with E-state index in [-0.39, 0.29) is 0 Å². The lowest BCUT2D eigenvalue weighted by Crippen LogP contribution is -2.30. The zero-order chi connectivity index (χ0) is 14.5. The van der Waals surface area contributed by atoms with Crippen LogP contribution in [0.15, 0.2) is 36.5 Å². The van der Waals surface area contributed by atoms with Crippen molar-refractivity contribution < 1.29 is 4.74 Å². The van der Waals surface area contributed by atoms with Crippen molar-refractivity contribution in [1.29, 1.82) is 0 Å². The Kier molecular flexibility index (Phi) is 4.80. The molecule has 1 aliphatic rings. The highest BCUT2D eigenvalue weighted by Crippen LogP contribution is 2.19. The number of hydrogen-bond acceptors (Lipinski definition) is 5. The van der Waals surface area contributed by atoms with E-state index in [9.17, 15) is 0 Å². The third-order valence-electron chi connectivity index (χ3n) is 3.57. The molecule has 0 unspecified atom stereocenters. The summed E-state index contributed by atoms with van der Waals surface area (Å²) in [6, 6.07) is 2.10. The SMILES string of the molecule is C=CCOC[C@@H]1CN(Cc2nccs2)Cc2ccnn2C1. The number of fused-ring (bicyclic) bond motifs is 1. The second kappa shape index (κ2) is 6.98. The number of ether oxygens (including phenoxy) is 1. The lowest BCUT2D eigenvalue weighted by molar-refractivity contribution is 0.0932. The Bertz CT molecular complexity index is 566. The van der Waals surface area contributed by atoms with Crippen molar-refractivity contribution in [3.05, 3.63) is 47.2 Å². The Hall–Kier alpha value is -1.50. The van der Waals surface area contributed by atoms with Gasteiger partial charge in [-0.05, 0) is 6.07 Å². The topological polar surface area (TPSA) is 43.2 Å². The summed E-state index contributed by atoms with van der Waals surface area (Å²) in [5.74, 6) is 0.436. The number of rotatable bonds is 6. The highest BCUT2D eigenvalue weighted by molar-refractivity contribution is 7.09. The zero-order valence-electron chi connectivity index (χ0n) is 12.0. The first-order valence-corrected chi connectivity index (χ1v) is 8.03. The molecule has 0 saturated heterocycles. The Morgan fingerprint density at radius 1 is 1.43 bits per heavy atom. The summed E-state index contributed by atoms with van der Waals surface area (Å²) in [7, 11) is 0. The van der Waals surface area contributed by atoms with Gasteiger partial charge in [-0.25, -0.2) is 4.98 Å². The molecular formula is C15H20N4OS. The monoisotopic (exact) mass is 304 g/mol. The fourth-order valence-corrected chi connectivity index (χ4v) is 3.34. The maximum Gasteiger partial charge on any atom is 0.107 e. The molecule has 5 nitrogen and oxygen atoms in total. The Labute approximate surface area is 128 Å². The number of nitrogens with zero attached hydrogens (tertiary/aromatic N) is 4. The van der Waals surface area contributed by atoms with Crippen LogP contribution in [0.5, 0.6) is 0 Å². The molecule has 3 heterocycles. The quantitative estimate of drug-likeness (QED) is 0.606. The van der Waals surface area contributed by atoms with Crippen LogP contribution in [0.4, 0.5) is 0 Å². The zero-order valence-corrected chi connectivity index (χ0v) is 12.8. The number of aromatic nitrogens is 3. The summed E-state index contributed by atoms with van der Waals surface area (Å²) in [4.78, 5) is 6.83. The molecule has 0 spiro atoms. The van der Waals surface area contributed by atoms with Crippen LogP contribution < -0.4 is 0 Å². The van der Waals surface area contributed by atoms with Gasteiger partial charge in [0.2, 0.25) is 0 Å². The molecule has 0 radical (unpaired) electrons. The van der Waals surface area contributed by atoms with Crippen LogP contribution in [0.2, 0.25) is 0 Å². The van der Waals surface area contributed by atoms with E-state index in [4.69, 9.17) is 4.74 Å². The van der Waals surface area contributed by atoms with Crippen LogP contribution in [0, 0.1) is 5.92 Å². The normalized spacial score (nSPS) is 19.1. The number of hydrogen-bond donors (Lipinski definition) is 0. The molecular weight excluding hydrogens is 284 g/mol. The molecule has 3 rings (SSSR count). The summed E-state index contributed by atoms with van der Waals surface area (Å²) >= 11 is 1.71. The van der Waals surface area contributed by atoms with Crippen LogP contribution >= 0.6 is 11.3 Å². The molecule has 0 N–H and O–H groups in total. The highest BCUT2D eigenvalue weighted by atomic mass is 32.1. The van der Waals surface area contributed by atoms with Crippen molar-refractivity contribution in [3.8, 4) is 0 Å². The van der Waals surface area contributed by atoms with Gasteiger partial charge < -0.3 is 4.74 Å². The summed E-state index contributed by atoms with van der Waals surface area (Å²) in [6.45, 7) is 8.75. The minimum atomic E-state index is 0.436. The fourth-order valence-electron chi connectivity index (χ4n) is 2.69. The van der Waals surface area contributed by atoms with E-state index in [2.05, 4.69) is 32.3 Å². The molecule has 0 aliphatic carbocycles. The molecule has 6 heteroatoms. The van der Waals surface area contributed by atoms with E-state index in [1.54, 1.807) is 17.4 Å². The average Bonchev–Trinajstić information content (AvgIpc) is 3.09. The predicted molar refractivity (Wildman–Crippen MR) is 83.0 cm³/mol. The summed E-state index contributed by atoms with van der Waals surface area (Å²) in [5.41, 5.74) is 1.26. The largest absolute Gasteiger partial charge is 0.377 e. The minimum Gasteiger partial charge on any atom is -0.377 e. The maximum absolute atomic E-state index is 5.65. The van der Waals surface area contributed by atoms with Gasteiger partial charge in [0.15, 0.2) is 0 Å². The molecule has 0 aromatic carbocycles. The van der Waals surface area contributed by atoms with Crippen molar-refractivity contribution in [2.24, 2.45) is 5.92 Å². The maximum atomic E-state index is 5.65. The molecule has 1 atom stereocenters. The van der Waals surface area contributed by atoms with Gasteiger partial charge in [-0.3, -0.25) is 9.58 Å². The molecule has 0 bridgehead atoms. The van der Waals surface area contributed by atoms with E-state index >= 15 is 0 Å². The molecule has 0 saturated carbocycles. The minimum absolute atomic E-state index is 0.436. The van der Waals surface area contributed by atoms with Gasteiger partial charge in [0, 0.05) is 43.3 Å². The van der Waals surface area contributed by atoms with Crippen LogP contribution in [-0.2, 0) is 24.4 Å². The van der Waals surface area contributed by atoms with Crippen molar-refractivity contribution in [1.82, 2.24) is 19.7 Å². The van der Waals surface area contributed by atoms with E-state index in [1.807, 2.05) is 17.8 Å². The first kappa shape index (κ1) is 14.4. The molecule has 2 aromatic rings. The summed E-state index contributed by atoms with van der Waals surface area (Å²) < 4.78 is 7.76. The van der Waals surface area contributed by atoms with Gasteiger partial charge in [0.05, 0.1) is 25.5 Å².